The number of aromatic nitrogens is 1. The Balaban J connectivity index is 2.30. The van der Waals surface area contributed by atoms with Crippen LogP contribution in [0.2, 0.25) is 0 Å². The van der Waals surface area contributed by atoms with Crippen molar-refractivity contribution in [1.82, 2.24) is 5.16 Å². The van der Waals surface area contributed by atoms with Crippen LogP contribution in [0.25, 0.3) is 0 Å². The third-order valence-electron chi connectivity index (χ3n) is 2.21. The SMILES string of the molecule is CC(C)c1conc1C1CC1. The van der Waals surface area contributed by atoms with E-state index in [0.717, 1.165) is 0 Å². The standard InChI is InChI=1S/C9H13NO/c1-6(2)8-5-11-10-9(8)7-3-4-7/h5-7H,3-4H2,1-2H3. The van der Waals surface area contributed by atoms with Crippen molar-refractivity contribution in [3.63, 3.8) is 0 Å². The maximum Gasteiger partial charge on any atom is 0.127 e. The second-order valence-corrected chi connectivity index (χ2v) is 3.58. The molecule has 2 nitrogen and oxygen atoms in total. The molecular formula is C9H13NO. The lowest BCUT2D eigenvalue weighted by atomic mass is 10.0. The fraction of sp³-hybridized carbons (Fsp3) is 0.667. The van der Waals surface area contributed by atoms with E-state index in [1.54, 1.807) is 6.26 Å². The first-order chi connectivity index (χ1) is 5.29. The van der Waals surface area contributed by atoms with Crippen molar-refractivity contribution in [2.75, 3.05) is 0 Å². The third kappa shape index (κ3) is 1.17. The van der Waals surface area contributed by atoms with Crippen molar-refractivity contribution in [2.45, 2.75) is 38.5 Å². The first-order valence-electron chi connectivity index (χ1n) is 4.23. The van der Waals surface area contributed by atoms with Gasteiger partial charge in [0.25, 0.3) is 0 Å². The van der Waals surface area contributed by atoms with Gasteiger partial charge in [0.1, 0.15) is 6.26 Å². The van der Waals surface area contributed by atoms with Crippen LogP contribution >= 0.6 is 0 Å². The Morgan fingerprint density at radius 3 is 2.82 bits per heavy atom. The van der Waals surface area contributed by atoms with Gasteiger partial charge in [-0.3, -0.25) is 0 Å². The summed E-state index contributed by atoms with van der Waals surface area (Å²) in [5.41, 5.74) is 2.51. The van der Waals surface area contributed by atoms with Crippen LogP contribution in [0.1, 0.15) is 49.8 Å². The summed E-state index contributed by atoms with van der Waals surface area (Å²) in [4.78, 5) is 0. The second-order valence-electron chi connectivity index (χ2n) is 3.58. The first-order valence-corrected chi connectivity index (χ1v) is 4.23. The minimum absolute atomic E-state index is 0.553. The van der Waals surface area contributed by atoms with E-state index in [9.17, 15) is 0 Å². The Morgan fingerprint density at radius 1 is 1.55 bits per heavy atom. The lowest BCUT2D eigenvalue weighted by molar-refractivity contribution is 0.411. The topological polar surface area (TPSA) is 26.0 Å². The second kappa shape index (κ2) is 2.36. The van der Waals surface area contributed by atoms with Gasteiger partial charge in [-0.05, 0) is 18.8 Å². The molecule has 1 fully saturated rings. The van der Waals surface area contributed by atoms with E-state index in [-0.39, 0.29) is 0 Å². The summed E-state index contributed by atoms with van der Waals surface area (Å²) in [5.74, 6) is 1.27. The van der Waals surface area contributed by atoms with Gasteiger partial charge < -0.3 is 4.52 Å². The summed E-state index contributed by atoms with van der Waals surface area (Å²) in [6.45, 7) is 4.36. The van der Waals surface area contributed by atoms with Gasteiger partial charge in [0.2, 0.25) is 0 Å². The van der Waals surface area contributed by atoms with Gasteiger partial charge >= 0.3 is 0 Å². The summed E-state index contributed by atoms with van der Waals surface area (Å²) in [5, 5.41) is 4.02. The van der Waals surface area contributed by atoms with E-state index in [0.29, 0.717) is 11.8 Å². The van der Waals surface area contributed by atoms with Gasteiger partial charge in [-0.1, -0.05) is 19.0 Å². The molecule has 0 N–H and O–H groups in total. The number of hydrogen-bond acceptors (Lipinski definition) is 2. The van der Waals surface area contributed by atoms with Crippen LogP contribution in [-0.2, 0) is 0 Å². The lowest BCUT2D eigenvalue weighted by Gasteiger charge is -2.00. The molecular weight excluding hydrogens is 138 g/mol. The molecule has 1 aromatic heterocycles. The predicted molar refractivity (Wildman–Crippen MR) is 42.6 cm³/mol. The number of hydrogen-bond donors (Lipinski definition) is 0. The van der Waals surface area contributed by atoms with Crippen LogP contribution in [0, 0.1) is 0 Å². The zero-order valence-electron chi connectivity index (χ0n) is 7.00. The minimum Gasteiger partial charge on any atom is -0.364 e. The van der Waals surface area contributed by atoms with E-state index in [4.69, 9.17) is 4.52 Å². The molecule has 0 radical (unpaired) electrons. The van der Waals surface area contributed by atoms with Crippen LogP contribution in [0.15, 0.2) is 10.8 Å². The average molecular weight is 151 g/mol. The number of nitrogens with zero attached hydrogens (tertiary/aromatic N) is 1. The summed E-state index contributed by atoms with van der Waals surface area (Å²) in [6, 6.07) is 0. The molecule has 0 unspecified atom stereocenters. The number of rotatable bonds is 2. The molecule has 1 aliphatic rings. The highest BCUT2D eigenvalue weighted by Crippen LogP contribution is 2.42. The zero-order valence-corrected chi connectivity index (χ0v) is 7.00. The molecule has 0 amide bonds. The van der Waals surface area contributed by atoms with Crippen LogP contribution < -0.4 is 0 Å². The van der Waals surface area contributed by atoms with E-state index in [1.807, 2.05) is 0 Å². The molecule has 1 saturated carbocycles. The van der Waals surface area contributed by atoms with Crippen LogP contribution in [0.5, 0.6) is 0 Å². The van der Waals surface area contributed by atoms with E-state index >= 15 is 0 Å². The van der Waals surface area contributed by atoms with Crippen molar-refractivity contribution >= 4 is 0 Å². The molecule has 0 atom stereocenters. The van der Waals surface area contributed by atoms with Crippen molar-refractivity contribution in [1.29, 1.82) is 0 Å². The van der Waals surface area contributed by atoms with Gasteiger partial charge in [0.05, 0.1) is 5.69 Å². The quantitative estimate of drug-likeness (QED) is 0.649. The summed E-state index contributed by atoms with van der Waals surface area (Å²) >= 11 is 0. The molecule has 2 rings (SSSR count). The van der Waals surface area contributed by atoms with Gasteiger partial charge in [-0.15, -0.1) is 0 Å². The molecule has 60 valence electrons. The largest absolute Gasteiger partial charge is 0.364 e. The Bertz CT molecular complexity index is 231. The highest BCUT2D eigenvalue weighted by molar-refractivity contribution is 5.25. The van der Waals surface area contributed by atoms with Gasteiger partial charge in [0, 0.05) is 11.5 Å². The normalized spacial score (nSPS) is 17.7. The minimum atomic E-state index is 0.553. The molecule has 1 heterocycles. The Morgan fingerprint density at radius 2 is 2.27 bits per heavy atom. The molecule has 0 aromatic carbocycles. The molecule has 0 aliphatic heterocycles. The van der Waals surface area contributed by atoms with Crippen molar-refractivity contribution in [3.05, 3.63) is 17.5 Å². The molecule has 1 aromatic rings. The van der Waals surface area contributed by atoms with E-state index in [1.165, 1.54) is 24.1 Å². The highest BCUT2D eigenvalue weighted by atomic mass is 16.5. The summed E-state index contributed by atoms with van der Waals surface area (Å²) in [6.07, 6.45) is 4.39. The maximum atomic E-state index is 4.96. The van der Waals surface area contributed by atoms with Crippen molar-refractivity contribution < 1.29 is 4.52 Å². The Hall–Kier alpha value is -0.790. The van der Waals surface area contributed by atoms with E-state index in [2.05, 4.69) is 19.0 Å². The van der Waals surface area contributed by atoms with Crippen molar-refractivity contribution in [2.24, 2.45) is 0 Å². The van der Waals surface area contributed by atoms with Gasteiger partial charge in [0.15, 0.2) is 0 Å². The third-order valence-corrected chi connectivity index (χ3v) is 2.21. The average Bonchev–Trinajstić information content (AvgIpc) is 2.68. The lowest BCUT2D eigenvalue weighted by Crippen LogP contribution is -1.90. The van der Waals surface area contributed by atoms with Crippen LogP contribution in [0.3, 0.4) is 0 Å². The maximum absolute atomic E-state index is 4.96. The smallest absolute Gasteiger partial charge is 0.127 e. The fourth-order valence-electron chi connectivity index (χ4n) is 1.35. The fourth-order valence-corrected chi connectivity index (χ4v) is 1.35. The Kier molecular flexibility index (Phi) is 1.48. The highest BCUT2D eigenvalue weighted by Gasteiger charge is 2.29. The summed E-state index contributed by atoms with van der Waals surface area (Å²) in [7, 11) is 0. The first kappa shape index (κ1) is 6.89. The Labute approximate surface area is 66.6 Å². The summed E-state index contributed by atoms with van der Waals surface area (Å²) < 4.78 is 4.96. The zero-order chi connectivity index (χ0) is 7.84. The molecule has 0 spiro atoms. The van der Waals surface area contributed by atoms with Gasteiger partial charge in [-0.2, -0.15) is 0 Å². The molecule has 0 saturated heterocycles. The van der Waals surface area contributed by atoms with Crippen LogP contribution in [-0.4, -0.2) is 5.16 Å². The van der Waals surface area contributed by atoms with Crippen LogP contribution in [0.4, 0.5) is 0 Å². The van der Waals surface area contributed by atoms with Crippen molar-refractivity contribution in [3.8, 4) is 0 Å². The molecule has 11 heavy (non-hydrogen) atoms. The predicted octanol–water partition coefficient (Wildman–Crippen LogP) is 2.68. The van der Waals surface area contributed by atoms with E-state index < -0.39 is 0 Å². The monoisotopic (exact) mass is 151 g/mol. The molecule has 1 aliphatic carbocycles. The van der Waals surface area contributed by atoms with Gasteiger partial charge in [-0.25, -0.2) is 0 Å². The molecule has 2 heteroatoms. The molecule has 0 bridgehead atoms.